The molecular formula is C26H33CuP+. The molecule has 3 aromatic carbocycles. The van der Waals surface area contributed by atoms with Crippen LogP contribution in [0.3, 0.4) is 0 Å². The third-order valence-corrected chi connectivity index (χ3v) is 7.97. The normalized spacial score (nSPS) is 13.1. The quantitative estimate of drug-likeness (QED) is 0.257. The van der Waals surface area contributed by atoms with Gasteiger partial charge in [0.25, 0.3) is 0 Å². The zero-order valence-corrected chi connectivity index (χ0v) is 19.0. The molecule has 0 amide bonds. The first-order chi connectivity index (χ1) is 12.9. The fraction of sp³-hybridized carbons (Fsp3) is 0.269. The minimum absolute atomic E-state index is 0. The van der Waals surface area contributed by atoms with Crippen LogP contribution in [0.1, 0.15) is 39.0 Å². The Balaban J connectivity index is 0.000000373. The third-order valence-electron chi connectivity index (χ3n) is 5.24. The Morgan fingerprint density at radius 3 is 1.21 bits per heavy atom. The molecule has 0 spiro atoms. The molecular weight excluding hydrogens is 407 g/mol. The molecule has 0 atom stereocenters. The summed E-state index contributed by atoms with van der Waals surface area (Å²) in [5.74, 6) is 1.10. The molecule has 1 aliphatic carbocycles. The van der Waals surface area contributed by atoms with E-state index >= 15 is 0 Å². The Morgan fingerprint density at radius 2 is 0.964 bits per heavy atom. The van der Waals surface area contributed by atoms with E-state index in [-0.39, 0.29) is 24.5 Å². The topological polar surface area (TPSA) is 0 Å². The van der Waals surface area contributed by atoms with Gasteiger partial charge in [-0.25, -0.2) is 0 Å². The van der Waals surface area contributed by atoms with Gasteiger partial charge in [0.1, 0.15) is 15.9 Å². The van der Waals surface area contributed by atoms with Gasteiger partial charge in [0.2, 0.25) is 0 Å². The molecule has 1 fully saturated rings. The van der Waals surface area contributed by atoms with Gasteiger partial charge in [-0.3, -0.25) is 0 Å². The maximum absolute atomic E-state index is 2.30. The monoisotopic (exact) mass is 439 g/mol. The summed E-state index contributed by atoms with van der Waals surface area (Å²) in [6, 6.07) is 32.5. The van der Waals surface area contributed by atoms with E-state index in [1.165, 1.54) is 48.0 Å². The molecule has 0 aromatic heterocycles. The first-order valence-corrected chi connectivity index (χ1v) is 11.4. The van der Waals surface area contributed by atoms with E-state index in [1.807, 2.05) is 0 Å². The van der Waals surface area contributed by atoms with Crippen molar-refractivity contribution >= 4 is 23.8 Å². The number of hydrogen-bond donors (Lipinski definition) is 0. The minimum atomic E-state index is -0.877. The van der Waals surface area contributed by atoms with Crippen LogP contribution in [0.25, 0.3) is 0 Å². The molecule has 1 aliphatic rings. The molecule has 0 nitrogen and oxygen atoms in total. The summed E-state index contributed by atoms with van der Waals surface area (Å²) in [5.41, 5.74) is 0. The zero-order chi connectivity index (χ0) is 18.0. The van der Waals surface area contributed by atoms with Crippen molar-refractivity contribution in [1.29, 1.82) is 0 Å². The number of benzene rings is 3. The predicted octanol–water partition coefficient (Wildman–Crippen LogP) is 6.21. The Bertz CT molecular complexity index is 643. The van der Waals surface area contributed by atoms with Gasteiger partial charge in [-0.15, -0.1) is 0 Å². The van der Waals surface area contributed by atoms with Crippen molar-refractivity contribution in [3.05, 3.63) is 98.4 Å². The Morgan fingerprint density at radius 1 is 0.643 bits per heavy atom. The van der Waals surface area contributed by atoms with Crippen molar-refractivity contribution in [3.8, 4) is 0 Å². The molecule has 28 heavy (non-hydrogen) atoms. The summed E-state index contributed by atoms with van der Waals surface area (Å²) in [7, 11) is -0.877. The van der Waals surface area contributed by atoms with Crippen molar-refractivity contribution in [2.75, 3.05) is 0 Å². The van der Waals surface area contributed by atoms with Gasteiger partial charge in [-0.2, -0.15) is 0 Å². The summed E-state index contributed by atoms with van der Waals surface area (Å²) in [6.07, 6.45) is 7.43. The van der Waals surface area contributed by atoms with Gasteiger partial charge in [-0.1, -0.05) is 93.6 Å². The second-order valence-electron chi connectivity index (χ2n) is 7.03. The standard InChI is InChI=1S/C18H15P.C7H14.CH3.Cu/c1-4-10-16(11-5-1)19(17-12-6-2-7-13-17)18-14-8-3-9-15-18;1-2-7-5-3-4-6-7;;/h1-15H;7H,2-6H2,1H3;1H3;/q;;-1;+1/p+1. The summed E-state index contributed by atoms with van der Waals surface area (Å²) in [6.45, 7) is 2.30. The van der Waals surface area contributed by atoms with Crippen LogP contribution in [-0.4, -0.2) is 0 Å². The Hall–Kier alpha value is -1.39. The second kappa shape index (κ2) is 13.7. The van der Waals surface area contributed by atoms with E-state index in [4.69, 9.17) is 0 Å². The second-order valence-corrected chi connectivity index (χ2v) is 9.51. The summed E-state index contributed by atoms with van der Waals surface area (Å²) in [5, 5.41) is 4.31. The Labute approximate surface area is 184 Å². The molecule has 2 heteroatoms. The van der Waals surface area contributed by atoms with E-state index in [0.29, 0.717) is 0 Å². The van der Waals surface area contributed by atoms with Crippen molar-refractivity contribution in [2.45, 2.75) is 39.0 Å². The van der Waals surface area contributed by atoms with Crippen LogP contribution in [0, 0.1) is 13.3 Å². The smallest absolute Gasteiger partial charge is 0.358 e. The van der Waals surface area contributed by atoms with Gasteiger partial charge in [0, 0.05) is 0 Å². The van der Waals surface area contributed by atoms with Crippen molar-refractivity contribution in [2.24, 2.45) is 5.92 Å². The molecule has 0 heterocycles. The van der Waals surface area contributed by atoms with Gasteiger partial charge >= 0.3 is 17.1 Å². The SMILES string of the molecule is CCC1CCCC1.[CH3-].[Cu+].c1ccc([PH+](c2ccccc2)c2ccccc2)cc1. The van der Waals surface area contributed by atoms with Crippen LogP contribution in [-0.2, 0) is 17.1 Å². The third kappa shape index (κ3) is 7.21. The number of rotatable bonds is 4. The van der Waals surface area contributed by atoms with Crippen molar-refractivity contribution < 1.29 is 17.1 Å². The summed E-state index contributed by atoms with van der Waals surface area (Å²) < 4.78 is 0. The van der Waals surface area contributed by atoms with Crippen LogP contribution >= 0.6 is 7.92 Å². The molecule has 0 aliphatic heterocycles. The molecule has 0 unspecified atom stereocenters. The maximum atomic E-state index is 2.30. The molecule has 0 saturated heterocycles. The summed E-state index contributed by atoms with van der Waals surface area (Å²) in [4.78, 5) is 0. The predicted molar refractivity (Wildman–Crippen MR) is 125 cm³/mol. The molecule has 1 saturated carbocycles. The van der Waals surface area contributed by atoms with Crippen LogP contribution < -0.4 is 15.9 Å². The van der Waals surface area contributed by atoms with E-state index in [1.54, 1.807) is 0 Å². The molecule has 0 N–H and O–H groups in total. The van der Waals surface area contributed by atoms with E-state index < -0.39 is 7.92 Å². The van der Waals surface area contributed by atoms with Gasteiger partial charge in [0.05, 0.1) is 7.92 Å². The van der Waals surface area contributed by atoms with Gasteiger partial charge in [-0.05, 0) is 42.3 Å². The molecule has 4 rings (SSSR count). The van der Waals surface area contributed by atoms with E-state index in [0.717, 1.165) is 5.92 Å². The van der Waals surface area contributed by atoms with Crippen molar-refractivity contribution in [1.82, 2.24) is 0 Å². The van der Waals surface area contributed by atoms with Crippen LogP contribution in [0.15, 0.2) is 91.0 Å². The average Bonchev–Trinajstić information content (AvgIpc) is 3.25. The maximum Gasteiger partial charge on any atom is 1.00 e. The van der Waals surface area contributed by atoms with Crippen LogP contribution in [0.4, 0.5) is 0 Å². The molecule has 3 aromatic rings. The van der Waals surface area contributed by atoms with Crippen LogP contribution in [0.2, 0.25) is 0 Å². The molecule has 0 bridgehead atoms. The van der Waals surface area contributed by atoms with Crippen LogP contribution in [0.5, 0.6) is 0 Å². The zero-order valence-electron chi connectivity index (χ0n) is 17.1. The Kier molecular flexibility index (Phi) is 12.1. The van der Waals surface area contributed by atoms with Crippen molar-refractivity contribution in [3.63, 3.8) is 0 Å². The molecule has 0 radical (unpaired) electrons. The molecule has 152 valence electrons. The van der Waals surface area contributed by atoms with Gasteiger partial charge in [0.15, 0.2) is 0 Å². The van der Waals surface area contributed by atoms with E-state index in [2.05, 4.69) is 97.9 Å². The summed E-state index contributed by atoms with van der Waals surface area (Å²) >= 11 is 0. The number of hydrogen-bond acceptors (Lipinski definition) is 0. The first kappa shape index (κ1) is 24.6. The fourth-order valence-electron chi connectivity index (χ4n) is 3.73. The largest absolute Gasteiger partial charge is 1.00 e. The van der Waals surface area contributed by atoms with E-state index in [9.17, 15) is 0 Å². The average molecular weight is 440 g/mol. The fourth-order valence-corrected chi connectivity index (χ4v) is 6.31. The minimum Gasteiger partial charge on any atom is -0.358 e. The first-order valence-electron chi connectivity index (χ1n) is 9.91. The van der Waals surface area contributed by atoms with Gasteiger partial charge < -0.3 is 7.43 Å².